The molecule has 0 radical (unpaired) electrons. The predicted octanol–water partition coefficient (Wildman–Crippen LogP) is 18.2. The minimum Gasteiger partial charge on any atom is -0.462 e. The van der Waals surface area contributed by atoms with Gasteiger partial charge in [0.1, 0.15) is 13.2 Å². The topological polar surface area (TPSA) is 78.9 Å². The zero-order valence-corrected chi connectivity index (χ0v) is 42.7. The van der Waals surface area contributed by atoms with Crippen LogP contribution in [0, 0.1) is 0 Å². The molecule has 0 aromatic rings. The highest BCUT2D eigenvalue weighted by Crippen LogP contribution is 2.15. The zero-order valence-electron chi connectivity index (χ0n) is 42.7. The van der Waals surface area contributed by atoms with E-state index < -0.39 is 6.10 Å². The fourth-order valence-electron chi connectivity index (χ4n) is 7.58. The fourth-order valence-corrected chi connectivity index (χ4v) is 7.58. The van der Waals surface area contributed by atoms with Crippen molar-refractivity contribution in [2.24, 2.45) is 0 Å². The first kappa shape index (κ1) is 61.9. The number of hydrogen-bond donors (Lipinski definition) is 0. The van der Waals surface area contributed by atoms with Gasteiger partial charge in [-0.25, -0.2) is 0 Å². The largest absolute Gasteiger partial charge is 0.462 e. The van der Waals surface area contributed by atoms with Crippen molar-refractivity contribution in [1.82, 2.24) is 0 Å². The lowest BCUT2D eigenvalue weighted by Crippen LogP contribution is -2.30. The maximum Gasteiger partial charge on any atom is 0.306 e. The second-order valence-corrected chi connectivity index (χ2v) is 18.1. The summed E-state index contributed by atoms with van der Waals surface area (Å²) < 4.78 is 16.8. The van der Waals surface area contributed by atoms with E-state index in [1.807, 2.05) is 0 Å². The van der Waals surface area contributed by atoms with Crippen molar-refractivity contribution >= 4 is 17.9 Å². The Kier molecular flexibility index (Phi) is 50.9. The van der Waals surface area contributed by atoms with E-state index in [-0.39, 0.29) is 31.1 Å². The van der Waals surface area contributed by atoms with Crippen molar-refractivity contribution in [3.05, 3.63) is 72.9 Å². The second-order valence-electron chi connectivity index (χ2n) is 18.1. The van der Waals surface area contributed by atoms with Crippen molar-refractivity contribution in [2.75, 3.05) is 13.2 Å². The molecule has 1 unspecified atom stereocenters. The summed E-state index contributed by atoms with van der Waals surface area (Å²) in [6, 6.07) is 0. The SMILES string of the molecule is CC/C=C\C/C=C\C/C=C\C/C=C\C/C=C\CCCCCC(=O)OCC(COC(=O)CCCCCCCCCCCC)OC(=O)CCCCCCC/C=C\CCCCCCCCCCC. The van der Waals surface area contributed by atoms with Crippen LogP contribution in [-0.4, -0.2) is 37.2 Å². The average Bonchev–Trinajstić information content (AvgIpc) is 3.30. The van der Waals surface area contributed by atoms with Gasteiger partial charge in [0.15, 0.2) is 6.10 Å². The van der Waals surface area contributed by atoms with Crippen LogP contribution in [0.5, 0.6) is 0 Å². The van der Waals surface area contributed by atoms with Crippen molar-refractivity contribution in [1.29, 1.82) is 0 Å². The third kappa shape index (κ3) is 51.7. The molecule has 0 heterocycles. The van der Waals surface area contributed by atoms with Gasteiger partial charge < -0.3 is 14.2 Å². The smallest absolute Gasteiger partial charge is 0.306 e. The fraction of sp³-hybridized carbons (Fsp3) is 0.746. The van der Waals surface area contributed by atoms with Crippen LogP contribution in [0.4, 0.5) is 0 Å². The molecule has 0 aliphatic rings. The van der Waals surface area contributed by atoms with Crippen LogP contribution >= 0.6 is 0 Å². The highest BCUT2D eigenvalue weighted by molar-refractivity contribution is 5.71. The van der Waals surface area contributed by atoms with Gasteiger partial charge in [0.25, 0.3) is 0 Å². The molecular weight excluding hydrogens is 805 g/mol. The molecule has 0 spiro atoms. The normalized spacial score (nSPS) is 12.6. The van der Waals surface area contributed by atoms with E-state index in [9.17, 15) is 14.4 Å². The summed E-state index contributed by atoms with van der Waals surface area (Å²) in [4.78, 5) is 38.0. The lowest BCUT2D eigenvalue weighted by Gasteiger charge is -2.18. The Morgan fingerprint density at radius 3 is 0.969 bits per heavy atom. The Balaban J connectivity index is 4.40. The van der Waals surface area contributed by atoms with Gasteiger partial charge in [-0.1, -0.05) is 229 Å². The number of carbonyl (C=O) groups is 3. The number of allylic oxidation sites excluding steroid dienone is 12. The van der Waals surface area contributed by atoms with E-state index in [1.54, 1.807) is 0 Å². The van der Waals surface area contributed by atoms with Crippen LogP contribution in [0.15, 0.2) is 72.9 Å². The van der Waals surface area contributed by atoms with Crippen LogP contribution in [0.3, 0.4) is 0 Å². The Morgan fingerprint density at radius 1 is 0.323 bits per heavy atom. The maximum absolute atomic E-state index is 12.8. The Hall–Kier alpha value is -3.15. The van der Waals surface area contributed by atoms with Gasteiger partial charge in [-0.3, -0.25) is 14.4 Å². The number of hydrogen-bond acceptors (Lipinski definition) is 6. The van der Waals surface area contributed by atoms with Gasteiger partial charge in [-0.05, 0) is 89.9 Å². The quantitative estimate of drug-likeness (QED) is 0.0262. The van der Waals surface area contributed by atoms with Gasteiger partial charge >= 0.3 is 17.9 Å². The molecular formula is C59H102O6. The first-order valence-electron chi connectivity index (χ1n) is 27.4. The molecule has 0 fully saturated rings. The minimum absolute atomic E-state index is 0.0878. The number of unbranched alkanes of at least 4 members (excludes halogenated alkanes) is 26. The van der Waals surface area contributed by atoms with Crippen molar-refractivity contribution < 1.29 is 28.6 Å². The highest BCUT2D eigenvalue weighted by atomic mass is 16.6. The Bertz CT molecular complexity index is 1230. The first-order chi connectivity index (χ1) is 32.0. The third-order valence-corrected chi connectivity index (χ3v) is 11.7. The molecule has 0 aliphatic heterocycles. The average molecular weight is 907 g/mol. The van der Waals surface area contributed by atoms with E-state index in [4.69, 9.17) is 14.2 Å². The number of rotatable bonds is 49. The highest BCUT2D eigenvalue weighted by Gasteiger charge is 2.19. The third-order valence-electron chi connectivity index (χ3n) is 11.7. The van der Waals surface area contributed by atoms with E-state index in [2.05, 4.69) is 93.7 Å². The molecule has 1 atom stereocenters. The molecule has 0 aromatic carbocycles. The summed E-state index contributed by atoms with van der Waals surface area (Å²) in [5, 5.41) is 0. The molecule has 0 aromatic heterocycles. The molecule has 65 heavy (non-hydrogen) atoms. The molecule has 0 saturated heterocycles. The zero-order chi connectivity index (χ0) is 47.2. The predicted molar refractivity (Wildman–Crippen MR) is 279 cm³/mol. The molecule has 0 bridgehead atoms. The van der Waals surface area contributed by atoms with Crippen molar-refractivity contribution in [2.45, 2.75) is 271 Å². The lowest BCUT2D eigenvalue weighted by atomic mass is 10.1. The minimum atomic E-state index is -0.791. The van der Waals surface area contributed by atoms with Crippen molar-refractivity contribution in [3.8, 4) is 0 Å². The van der Waals surface area contributed by atoms with Gasteiger partial charge in [0.2, 0.25) is 0 Å². The molecule has 0 rings (SSSR count). The van der Waals surface area contributed by atoms with E-state index in [0.717, 1.165) is 109 Å². The van der Waals surface area contributed by atoms with Crippen LogP contribution in [0.2, 0.25) is 0 Å². The summed E-state index contributed by atoms with van der Waals surface area (Å²) in [6.07, 6.45) is 67.5. The van der Waals surface area contributed by atoms with Crippen LogP contribution < -0.4 is 0 Å². The monoisotopic (exact) mass is 907 g/mol. The molecule has 0 aliphatic carbocycles. The molecule has 0 N–H and O–H groups in total. The molecule has 0 amide bonds. The standard InChI is InChI=1S/C59H102O6/c1-4-7-10-13-16-19-22-24-26-28-30-32-33-35-37-40-43-46-49-52-58(61)64-55-56(54-63-57(60)51-48-45-42-39-21-18-15-12-9-6-3)65-59(62)53-50-47-44-41-38-36-34-31-29-27-25-23-20-17-14-11-8-5-2/h7,10,16,19,24,26,30-32,34-35,37,56H,4-6,8-9,11-15,17-18,20-23,25,27-29,33,36,38-55H2,1-3H3/b10-7-,19-16-,26-24-,32-30-,34-31-,37-35-. The van der Waals surface area contributed by atoms with E-state index in [1.165, 1.54) is 116 Å². The summed E-state index contributed by atoms with van der Waals surface area (Å²) in [7, 11) is 0. The van der Waals surface area contributed by atoms with Crippen molar-refractivity contribution in [3.63, 3.8) is 0 Å². The first-order valence-corrected chi connectivity index (χ1v) is 27.4. The van der Waals surface area contributed by atoms with Gasteiger partial charge in [-0.15, -0.1) is 0 Å². The van der Waals surface area contributed by atoms with Crippen LogP contribution in [0.1, 0.15) is 265 Å². The summed E-state index contributed by atoms with van der Waals surface area (Å²) in [6.45, 7) is 6.49. The number of ether oxygens (including phenoxy) is 3. The Labute approximate surface area is 402 Å². The lowest BCUT2D eigenvalue weighted by molar-refractivity contribution is -0.167. The molecule has 6 nitrogen and oxygen atoms in total. The van der Waals surface area contributed by atoms with Crippen LogP contribution in [0.25, 0.3) is 0 Å². The number of esters is 3. The van der Waals surface area contributed by atoms with Gasteiger partial charge in [0.05, 0.1) is 0 Å². The molecule has 6 heteroatoms. The van der Waals surface area contributed by atoms with Crippen LogP contribution in [-0.2, 0) is 28.6 Å². The summed E-state index contributed by atoms with van der Waals surface area (Å²) in [5.41, 5.74) is 0. The summed E-state index contributed by atoms with van der Waals surface area (Å²) in [5.74, 6) is -0.926. The van der Waals surface area contributed by atoms with Gasteiger partial charge in [0, 0.05) is 19.3 Å². The van der Waals surface area contributed by atoms with Gasteiger partial charge in [-0.2, -0.15) is 0 Å². The second kappa shape index (κ2) is 53.5. The van der Waals surface area contributed by atoms with E-state index in [0.29, 0.717) is 19.3 Å². The summed E-state index contributed by atoms with van der Waals surface area (Å²) >= 11 is 0. The number of carbonyl (C=O) groups excluding carboxylic acids is 3. The molecule has 374 valence electrons. The van der Waals surface area contributed by atoms with E-state index >= 15 is 0 Å². The molecule has 0 saturated carbocycles. The Morgan fingerprint density at radius 2 is 0.600 bits per heavy atom. The maximum atomic E-state index is 12.8.